The summed E-state index contributed by atoms with van der Waals surface area (Å²) in [4.78, 5) is 4.39. The third-order valence-electron chi connectivity index (χ3n) is 3.27. The lowest BCUT2D eigenvalue weighted by Crippen LogP contribution is -2.30. The van der Waals surface area contributed by atoms with Crippen molar-refractivity contribution in [3.05, 3.63) is 84.1 Å². The van der Waals surface area contributed by atoms with E-state index in [4.69, 9.17) is 9.47 Å². The molecular formula is C20H19NO2. The van der Waals surface area contributed by atoms with E-state index in [-0.39, 0.29) is 0 Å². The van der Waals surface area contributed by atoms with Crippen molar-refractivity contribution in [3.8, 4) is 0 Å². The van der Waals surface area contributed by atoms with Gasteiger partial charge in [0.05, 0.1) is 5.69 Å². The standard InChI is InChI=1S/C20H19NO2/c1-20(2)22-18(13-14-21-17-11-7-4-8-12-17)15-19(23-20)16-9-5-3-6-10-16/h3-15H,1-2H3. The van der Waals surface area contributed by atoms with Gasteiger partial charge < -0.3 is 9.47 Å². The van der Waals surface area contributed by atoms with Crippen LogP contribution in [0.2, 0.25) is 0 Å². The normalized spacial score (nSPS) is 18.3. The first kappa shape index (κ1) is 15.1. The van der Waals surface area contributed by atoms with Gasteiger partial charge in [-0.05, 0) is 18.2 Å². The molecule has 3 rings (SSSR count). The molecule has 0 saturated carbocycles. The molecule has 0 radical (unpaired) electrons. The van der Waals surface area contributed by atoms with Gasteiger partial charge in [-0.2, -0.15) is 0 Å². The fourth-order valence-electron chi connectivity index (χ4n) is 2.30. The van der Waals surface area contributed by atoms with Crippen molar-refractivity contribution in [2.45, 2.75) is 19.6 Å². The van der Waals surface area contributed by atoms with Crippen LogP contribution in [0, 0.1) is 0 Å². The van der Waals surface area contributed by atoms with Gasteiger partial charge in [0.25, 0.3) is 0 Å². The average molecular weight is 305 g/mol. The van der Waals surface area contributed by atoms with E-state index in [1.165, 1.54) is 0 Å². The SMILES string of the molecule is CC1(C)OC(=CC=Nc2ccccc2)C=C(c2ccccc2)O1. The van der Waals surface area contributed by atoms with Crippen LogP contribution in [0.4, 0.5) is 5.69 Å². The lowest BCUT2D eigenvalue weighted by Gasteiger charge is -2.33. The molecule has 0 saturated heterocycles. The minimum absolute atomic E-state index is 0.716. The molecule has 3 nitrogen and oxygen atoms in total. The number of benzene rings is 2. The second-order valence-electron chi connectivity index (χ2n) is 5.66. The average Bonchev–Trinajstić information content (AvgIpc) is 2.55. The zero-order valence-corrected chi connectivity index (χ0v) is 13.3. The number of rotatable bonds is 3. The summed E-state index contributed by atoms with van der Waals surface area (Å²) < 4.78 is 11.7. The van der Waals surface area contributed by atoms with Crippen molar-refractivity contribution in [3.63, 3.8) is 0 Å². The maximum absolute atomic E-state index is 5.91. The Hall–Kier alpha value is -2.81. The predicted molar refractivity (Wildman–Crippen MR) is 93.3 cm³/mol. The lowest BCUT2D eigenvalue weighted by atomic mass is 10.1. The second kappa shape index (κ2) is 6.53. The van der Waals surface area contributed by atoms with Crippen molar-refractivity contribution < 1.29 is 9.47 Å². The van der Waals surface area contributed by atoms with E-state index in [2.05, 4.69) is 4.99 Å². The lowest BCUT2D eigenvalue weighted by molar-refractivity contribution is -0.149. The van der Waals surface area contributed by atoms with Gasteiger partial charge in [-0.25, -0.2) is 0 Å². The number of nitrogens with zero attached hydrogens (tertiary/aromatic N) is 1. The highest BCUT2D eigenvalue weighted by atomic mass is 16.7. The number of hydrogen-bond acceptors (Lipinski definition) is 3. The zero-order chi connectivity index (χ0) is 16.1. The van der Waals surface area contributed by atoms with Gasteiger partial charge in [0.2, 0.25) is 5.79 Å². The van der Waals surface area contributed by atoms with Crippen LogP contribution in [0.1, 0.15) is 19.4 Å². The summed E-state index contributed by atoms with van der Waals surface area (Å²) >= 11 is 0. The Morgan fingerprint density at radius 3 is 2.22 bits per heavy atom. The third kappa shape index (κ3) is 4.10. The molecule has 3 heteroatoms. The summed E-state index contributed by atoms with van der Waals surface area (Å²) in [7, 11) is 0. The molecule has 0 unspecified atom stereocenters. The Morgan fingerprint density at radius 2 is 1.52 bits per heavy atom. The van der Waals surface area contributed by atoms with E-state index < -0.39 is 5.79 Å². The smallest absolute Gasteiger partial charge is 0.245 e. The largest absolute Gasteiger partial charge is 0.453 e. The third-order valence-corrected chi connectivity index (χ3v) is 3.27. The van der Waals surface area contributed by atoms with E-state index in [9.17, 15) is 0 Å². The van der Waals surface area contributed by atoms with Crippen molar-refractivity contribution in [2.75, 3.05) is 0 Å². The molecule has 23 heavy (non-hydrogen) atoms. The summed E-state index contributed by atoms with van der Waals surface area (Å²) in [5.41, 5.74) is 1.93. The highest BCUT2D eigenvalue weighted by Gasteiger charge is 2.28. The van der Waals surface area contributed by atoms with Crippen LogP contribution in [-0.4, -0.2) is 12.0 Å². The maximum Gasteiger partial charge on any atom is 0.245 e. The van der Waals surface area contributed by atoms with Gasteiger partial charge in [-0.1, -0.05) is 48.5 Å². The van der Waals surface area contributed by atoms with Crippen LogP contribution in [0.5, 0.6) is 0 Å². The van der Waals surface area contributed by atoms with E-state index >= 15 is 0 Å². The van der Waals surface area contributed by atoms with Crippen molar-refractivity contribution in [1.29, 1.82) is 0 Å². The quantitative estimate of drug-likeness (QED) is 0.739. The molecule has 0 N–H and O–H groups in total. The first-order valence-electron chi connectivity index (χ1n) is 7.57. The summed E-state index contributed by atoms with van der Waals surface area (Å²) in [6, 6.07) is 19.8. The minimum Gasteiger partial charge on any atom is -0.453 e. The highest BCUT2D eigenvalue weighted by Crippen LogP contribution is 2.32. The number of allylic oxidation sites excluding steroid dienone is 2. The van der Waals surface area contributed by atoms with Crippen molar-refractivity contribution in [2.24, 2.45) is 4.99 Å². The van der Waals surface area contributed by atoms with Crippen molar-refractivity contribution in [1.82, 2.24) is 0 Å². The Morgan fingerprint density at radius 1 is 0.870 bits per heavy atom. The number of ether oxygens (including phenoxy) is 2. The molecule has 2 aromatic rings. The summed E-state index contributed by atoms with van der Waals surface area (Å²) in [6.45, 7) is 3.79. The fraction of sp³-hybridized carbons (Fsp3) is 0.150. The summed E-state index contributed by atoms with van der Waals surface area (Å²) in [5, 5.41) is 0. The Kier molecular flexibility index (Phi) is 4.29. The molecule has 0 bridgehead atoms. The van der Waals surface area contributed by atoms with Gasteiger partial charge in [-0.15, -0.1) is 0 Å². The molecule has 116 valence electrons. The molecule has 0 amide bonds. The van der Waals surface area contributed by atoms with Crippen LogP contribution in [0.3, 0.4) is 0 Å². The Balaban J connectivity index is 1.85. The van der Waals surface area contributed by atoms with E-state index in [1.807, 2.05) is 86.7 Å². The van der Waals surface area contributed by atoms with Gasteiger partial charge in [0.1, 0.15) is 11.5 Å². The molecule has 0 aliphatic carbocycles. The van der Waals surface area contributed by atoms with Gasteiger partial charge in [-0.3, -0.25) is 4.99 Å². The van der Waals surface area contributed by atoms with E-state index in [0.717, 1.165) is 22.8 Å². The monoisotopic (exact) mass is 305 g/mol. The van der Waals surface area contributed by atoms with Crippen LogP contribution >= 0.6 is 0 Å². The van der Waals surface area contributed by atoms with Crippen LogP contribution in [0.25, 0.3) is 5.76 Å². The zero-order valence-electron chi connectivity index (χ0n) is 13.3. The Labute approximate surface area is 136 Å². The second-order valence-corrected chi connectivity index (χ2v) is 5.66. The molecule has 1 heterocycles. The predicted octanol–water partition coefficient (Wildman–Crippen LogP) is 5.10. The highest BCUT2D eigenvalue weighted by molar-refractivity contribution is 5.77. The van der Waals surface area contributed by atoms with Crippen LogP contribution in [-0.2, 0) is 9.47 Å². The van der Waals surface area contributed by atoms with Gasteiger partial charge >= 0.3 is 0 Å². The maximum atomic E-state index is 5.91. The van der Waals surface area contributed by atoms with Crippen LogP contribution < -0.4 is 0 Å². The summed E-state index contributed by atoms with van der Waals surface area (Å²) in [6.07, 6.45) is 5.48. The van der Waals surface area contributed by atoms with E-state index in [1.54, 1.807) is 6.21 Å². The Bertz CT molecular complexity index is 744. The first-order chi connectivity index (χ1) is 11.1. The molecular weight excluding hydrogens is 286 g/mol. The van der Waals surface area contributed by atoms with E-state index in [0.29, 0.717) is 0 Å². The van der Waals surface area contributed by atoms with Gasteiger partial charge in [0.15, 0.2) is 0 Å². The minimum atomic E-state index is -0.716. The molecule has 0 atom stereocenters. The molecule has 0 aromatic heterocycles. The number of aliphatic imine (C=N–C) groups is 1. The van der Waals surface area contributed by atoms with Crippen LogP contribution in [0.15, 0.2) is 83.6 Å². The molecule has 1 aliphatic rings. The van der Waals surface area contributed by atoms with Gasteiger partial charge in [0, 0.05) is 31.7 Å². The molecule has 0 spiro atoms. The van der Waals surface area contributed by atoms with Crippen molar-refractivity contribution >= 4 is 17.7 Å². The molecule has 2 aromatic carbocycles. The topological polar surface area (TPSA) is 30.8 Å². The number of hydrogen-bond donors (Lipinski definition) is 0. The molecule has 1 aliphatic heterocycles. The number of para-hydroxylation sites is 1. The summed E-state index contributed by atoms with van der Waals surface area (Å²) in [5.74, 6) is 0.799. The fourth-order valence-corrected chi connectivity index (χ4v) is 2.30. The molecule has 0 fully saturated rings. The first-order valence-corrected chi connectivity index (χ1v) is 7.57.